The molecule has 6 heteroatoms. The summed E-state index contributed by atoms with van der Waals surface area (Å²) < 4.78 is 1.31. The van der Waals surface area contributed by atoms with Crippen molar-refractivity contribution in [2.75, 3.05) is 0 Å². The lowest BCUT2D eigenvalue weighted by Crippen LogP contribution is -2.13. The first-order valence-corrected chi connectivity index (χ1v) is 6.95. The van der Waals surface area contributed by atoms with Crippen LogP contribution in [0.1, 0.15) is 20.9 Å². The average Bonchev–Trinajstić information content (AvgIpc) is 2.86. The molecule has 21 heavy (non-hydrogen) atoms. The summed E-state index contributed by atoms with van der Waals surface area (Å²) in [6.45, 7) is 0. The van der Waals surface area contributed by atoms with Gasteiger partial charge >= 0.3 is 5.97 Å². The van der Waals surface area contributed by atoms with Crippen LogP contribution in [0.2, 0.25) is 0 Å². The monoisotopic (exact) mass is 298 g/mol. The van der Waals surface area contributed by atoms with Gasteiger partial charge in [-0.3, -0.25) is 9.20 Å². The van der Waals surface area contributed by atoms with E-state index in [1.165, 1.54) is 16.7 Å². The minimum atomic E-state index is -1.07. The van der Waals surface area contributed by atoms with Crippen LogP contribution in [0, 0.1) is 0 Å². The number of rotatable bonds is 3. The van der Waals surface area contributed by atoms with E-state index in [1.807, 2.05) is 30.3 Å². The van der Waals surface area contributed by atoms with E-state index in [1.54, 1.807) is 12.2 Å². The molecule has 0 saturated heterocycles. The first-order chi connectivity index (χ1) is 10.2. The summed E-state index contributed by atoms with van der Waals surface area (Å²) in [5.74, 6) is -1.07. The Hall–Kier alpha value is -2.73. The Morgan fingerprint density at radius 3 is 2.67 bits per heavy atom. The van der Waals surface area contributed by atoms with Gasteiger partial charge in [0.05, 0.1) is 5.69 Å². The van der Waals surface area contributed by atoms with Gasteiger partial charge in [-0.2, -0.15) is 0 Å². The Balaban J connectivity index is 2.21. The molecule has 0 fully saturated rings. The van der Waals surface area contributed by atoms with Crippen molar-refractivity contribution in [3.05, 3.63) is 69.1 Å². The molecule has 1 aromatic carbocycles. The minimum absolute atomic E-state index is 0.0954. The molecule has 0 aliphatic heterocycles. The zero-order chi connectivity index (χ0) is 14.8. The van der Waals surface area contributed by atoms with Crippen molar-refractivity contribution in [1.29, 1.82) is 0 Å². The summed E-state index contributed by atoms with van der Waals surface area (Å²) in [7, 11) is 0. The summed E-state index contributed by atoms with van der Waals surface area (Å²) >= 11 is 0.982. The molecule has 0 aliphatic rings. The highest BCUT2D eigenvalue weighted by Crippen LogP contribution is 2.22. The second-order valence-electron chi connectivity index (χ2n) is 4.27. The number of thiazole rings is 1. The Kier molecular flexibility index (Phi) is 3.37. The van der Waals surface area contributed by atoms with Crippen molar-refractivity contribution >= 4 is 34.4 Å². The highest BCUT2D eigenvalue weighted by atomic mass is 32.1. The number of aromatic carboxylic acids is 1. The summed E-state index contributed by atoms with van der Waals surface area (Å²) in [6, 6.07) is 10.8. The van der Waals surface area contributed by atoms with Gasteiger partial charge in [-0.05, 0) is 11.6 Å². The Labute approximate surface area is 123 Å². The maximum atomic E-state index is 11.9. The minimum Gasteiger partial charge on any atom is -0.477 e. The van der Waals surface area contributed by atoms with Crippen LogP contribution < -0.4 is 5.56 Å². The molecule has 0 unspecified atom stereocenters. The predicted octanol–water partition coefficient (Wildman–Crippen LogP) is 2.62. The average molecular weight is 298 g/mol. The standard InChI is InChI=1S/C15H10N2O3S/c18-12-8-9-16-15-17(12)11(13(21-15)14(19)20)7-6-10-4-2-1-3-5-10/h1-9H,(H,19,20). The van der Waals surface area contributed by atoms with Crippen LogP contribution in [0.25, 0.3) is 17.1 Å². The number of carboxylic acids is 1. The Morgan fingerprint density at radius 1 is 1.19 bits per heavy atom. The van der Waals surface area contributed by atoms with E-state index in [2.05, 4.69) is 4.98 Å². The molecule has 104 valence electrons. The van der Waals surface area contributed by atoms with E-state index < -0.39 is 5.97 Å². The third-order valence-corrected chi connectivity index (χ3v) is 3.97. The van der Waals surface area contributed by atoms with E-state index in [4.69, 9.17) is 0 Å². The number of carboxylic acid groups (broad SMARTS) is 1. The SMILES string of the molecule is O=C(O)c1sc2nccc(=O)n2c1C=Cc1ccccc1. The van der Waals surface area contributed by atoms with Gasteiger partial charge in [-0.1, -0.05) is 47.7 Å². The molecule has 3 aromatic rings. The number of nitrogens with zero attached hydrogens (tertiary/aromatic N) is 2. The zero-order valence-corrected chi connectivity index (χ0v) is 11.6. The fraction of sp³-hybridized carbons (Fsp3) is 0. The van der Waals surface area contributed by atoms with Crippen LogP contribution in [0.15, 0.2) is 47.4 Å². The normalized spacial score (nSPS) is 11.2. The zero-order valence-electron chi connectivity index (χ0n) is 10.8. The van der Waals surface area contributed by atoms with E-state index in [-0.39, 0.29) is 10.4 Å². The molecule has 0 aliphatic carbocycles. The highest BCUT2D eigenvalue weighted by Gasteiger charge is 2.17. The largest absolute Gasteiger partial charge is 0.477 e. The molecular formula is C15H10N2O3S. The predicted molar refractivity (Wildman–Crippen MR) is 81.7 cm³/mol. The lowest BCUT2D eigenvalue weighted by Gasteiger charge is -1.97. The molecule has 0 bridgehead atoms. The van der Waals surface area contributed by atoms with E-state index in [0.29, 0.717) is 10.7 Å². The van der Waals surface area contributed by atoms with Gasteiger partial charge in [0, 0.05) is 12.3 Å². The van der Waals surface area contributed by atoms with Crippen LogP contribution in [0.3, 0.4) is 0 Å². The molecule has 0 radical (unpaired) electrons. The first kappa shape index (κ1) is 13.3. The third kappa shape index (κ3) is 2.48. The molecule has 0 saturated carbocycles. The number of fused-ring (bicyclic) bond motifs is 1. The third-order valence-electron chi connectivity index (χ3n) is 2.91. The van der Waals surface area contributed by atoms with Gasteiger partial charge in [0.15, 0.2) is 4.96 Å². The molecule has 0 amide bonds. The fourth-order valence-corrected chi connectivity index (χ4v) is 2.90. The molecule has 2 heterocycles. The van der Waals surface area contributed by atoms with Gasteiger partial charge in [-0.25, -0.2) is 9.78 Å². The molecule has 0 atom stereocenters. The van der Waals surface area contributed by atoms with Gasteiger partial charge in [0.1, 0.15) is 4.88 Å². The number of aromatic nitrogens is 2. The van der Waals surface area contributed by atoms with Crippen LogP contribution in [0.5, 0.6) is 0 Å². The summed E-state index contributed by atoms with van der Waals surface area (Å²) in [6.07, 6.45) is 4.78. The molecule has 0 spiro atoms. The van der Waals surface area contributed by atoms with Crippen LogP contribution >= 0.6 is 11.3 Å². The molecule has 3 rings (SSSR count). The van der Waals surface area contributed by atoms with Crippen molar-refractivity contribution in [3.8, 4) is 0 Å². The van der Waals surface area contributed by atoms with Gasteiger partial charge in [0.2, 0.25) is 0 Å². The fourth-order valence-electron chi connectivity index (χ4n) is 1.97. The van der Waals surface area contributed by atoms with Crippen LogP contribution in [-0.2, 0) is 0 Å². The van der Waals surface area contributed by atoms with Crippen molar-refractivity contribution < 1.29 is 9.90 Å². The lowest BCUT2D eigenvalue weighted by molar-refractivity contribution is 0.0701. The molecule has 5 nitrogen and oxygen atoms in total. The Bertz CT molecular complexity index is 894. The summed E-state index contributed by atoms with van der Waals surface area (Å²) in [5, 5.41) is 9.29. The van der Waals surface area contributed by atoms with Crippen molar-refractivity contribution in [2.24, 2.45) is 0 Å². The number of hydrogen-bond donors (Lipinski definition) is 1. The smallest absolute Gasteiger partial charge is 0.348 e. The van der Waals surface area contributed by atoms with Gasteiger partial charge in [0.25, 0.3) is 5.56 Å². The first-order valence-electron chi connectivity index (χ1n) is 6.14. The maximum absolute atomic E-state index is 11.9. The second-order valence-corrected chi connectivity index (χ2v) is 5.24. The van der Waals surface area contributed by atoms with E-state index >= 15 is 0 Å². The molecular weight excluding hydrogens is 288 g/mol. The maximum Gasteiger partial charge on any atom is 0.348 e. The number of hydrogen-bond acceptors (Lipinski definition) is 4. The Morgan fingerprint density at radius 2 is 1.95 bits per heavy atom. The summed E-state index contributed by atoms with van der Waals surface area (Å²) in [4.78, 5) is 27.8. The topological polar surface area (TPSA) is 71.7 Å². The number of benzene rings is 1. The van der Waals surface area contributed by atoms with Crippen molar-refractivity contribution in [3.63, 3.8) is 0 Å². The number of carbonyl (C=O) groups is 1. The van der Waals surface area contributed by atoms with E-state index in [9.17, 15) is 14.7 Å². The second kappa shape index (κ2) is 5.34. The van der Waals surface area contributed by atoms with Crippen molar-refractivity contribution in [1.82, 2.24) is 9.38 Å². The van der Waals surface area contributed by atoms with Crippen molar-refractivity contribution in [2.45, 2.75) is 0 Å². The molecule has 1 N–H and O–H groups in total. The summed E-state index contributed by atoms with van der Waals surface area (Å²) in [5.41, 5.74) is 0.964. The van der Waals surface area contributed by atoms with Crippen LogP contribution in [-0.4, -0.2) is 20.5 Å². The lowest BCUT2D eigenvalue weighted by atomic mass is 10.2. The van der Waals surface area contributed by atoms with Gasteiger partial charge < -0.3 is 5.11 Å². The highest BCUT2D eigenvalue weighted by molar-refractivity contribution is 7.19. The molecule has 2 aromatic heterocycles. The van der Waals surface area contributed by atoms with E-state index in [0.717, 1.165) is 16.9 Å². The van der Waals surface area contributed by atoms with Crippen LogP contribution in [0.4, 0.5) is 0 Å². The quantitative estimate of drug-likeness (QED) is 0.807. The van der Waals surface area contributed by atoms with Gasteiger partial charge in [-0.15, -0.1) is 0 Å².